The molecule has 0 aromatic carbocycles. The molecular formula is C10H17Zr. The van der Waals surface area contributed by atoms with Crippen LogP contribution in [0.15, 0.2) is 23.8 Å². The minimum absolute atomic E-state index is 0.539. The van der Waals surface area contributed by atoms with Gasteiger partial charge in [0.05, 0.1) is 0 Å². The number of hydrogen-bond acceptors (Lipinski definition) is 0. The molecule has 0 aromatic heterocycles. The van der Waals surface area contributed by atoms with E-state index in [0.29, 0.717) is 3.12 Å². The third kappa shape index (κ3) is 1.59. The second-order valence-corrected chi connectivity index (χ2v) is 11.1. The van der Waals surface area contributed by atoms with Gasteiger partial charge in [-0.1, -0.05) is 0 Å². The van der Waals surface area contributed by atoms with E-state index in [1.165, 1.54) is 6.42 Å². The monoisotopic (exact) mass is 227 g/mol. The molecule has 0 nitrogen and oxygen atoms in total. The van der Waals surface area contributed by atoms with Crippen molar-refractivity contribution in [3.8, 4) is 0 Å². The summed E-state index contributed by atoms with van der Waals surface area (Å²) in [5.74, 6) is 0. The van der Waals surface area contributed by atoms with Gasteiger partial charge < -0.3 is 0 Å². The van der Waals surface area contributed by atoms with Crippen molar-refractivity contribution in [2.75, 3.05) is 0 Å². The predicted octanol–water partition coefficient (Wildman–Crippen LogP) is 3.79. The molecule has 0 aromatic rings. The molecule has 1 heteroatoms. The zero-order valence-electron chi connectivity index (χ0n) is 7.94. The summed E-state index contributed by atoms with van der Waals surface area (Å²) in [6, 6.07) is 0. The molecule has 1 unspecified atom stereocenters. The van der Waals surface area contributed by atoms with Gasteiger partial charge in [0.25, 0.3) is 0 Å². The van der Waals surface area contributed by atoms with Crippen LogP contribution in [0.5, 0.6) is 0 Å². The molecule has 11 heavy (non-hydrogen) atoms. The van der Waals surface area contributed by atoms with E-state index in [4.69, 9.17) is 0 Å². The Morgan fingerprint density at radius 1 is 1.45 bits per heavy atom. The summed E-state index contributed by atoms with van der Waals surface area (Å²) in [6.07, 6.45) is 8.20. The zero-order valence-corrected chi connectivity index (χ0v) is 10.4. The van der Waals surface area contributed by atoms with Crippen LogP contribution in [-0.2, 0) is 21.8 Å². The maximum absolute atomic E-state index is 2.49. The standard InChI is InChI=1S/C8H11.2CH3.Zr/c1-3-8-6-4-5-7(8)2;;;/h4-6H,3H2,1-2H3;2*1H3;. The molecule has 1 atom stereocenters. The number of allylic oxidation sites excluding steroid dienone is 4. The van der Waals surface area contributed by atoms with E-state index >= 15 is 0 Å². The minimum atomic E-state index is -1.10. The van der Waals surface area contributed by atoms with E-state index in [2.05, 4.69) is 41.3 Å². The summed E-state index contributed by atoms with van der Waals surface area (Å²) in [6.45, 7) is 4.68. The molecule has 1 aliphatic carbocycles. The maximum atomic E-state index is 2.49. The molecule has 0 bridgehead atoms. The molecule has 0 amide bonds. The Kier molecular flexibility index (Phi) is 2.92. The third-order valence-corrected chi connectivity index (χ3v) is 9.12. The molecule has 61 valence electrons. The van der Waals surface area contributed by atoms with Gasteiger partial charge >= 0.3 is 78.2 Å². The van der Waals surface area contributed by atoms with Gasteiger partial charge in [-0.2, -0.15) is 0 Å². The second kappa shape index (κ2) is 3.39. The molecule has 1 aliphatic rings. The van der Waals surface area contributed by atoms with Gasteiger partial charge in [0, 0.05) is 0 Å². The van der Waals surface area contributed by atoms with E-state index in [-0.39, 0.29) is 0 Å². The average Bonchev–Trinajstić information content (AvgIpc) is 2.32. The van der Waals surface area contributed by atoms with Crippen LogP contribution in [0.3, 0.4) is 0 Å². The Morgan fingerprint density at radius 2 is 2.09 bits per heavy atom. The Labute approximate surface area is 78.1 Å². The molecule has 0 spiro atoms. The predicted molar refractivity (Wildman–Crippen MR) is 47.6 cm³/mol. The van der Waals surface area contributed by atoms with Crippen molar-refractivity contribution >= 4 is 0 Å². The molecule has 0 saturated carbocycles. The van der Waals surface area contributed by atoms with Crippen LogP contribution in [0.4, 0.5) is 0 Å². The van der Waals surface area contributed by atoms with E-state index in [1.807, 2.05) is 0 Å². The molecular weight excluding hydrogens is 211 g/mol. The van der Waals surface area contributed by atoms with Crippen LogP contribution in [-0.4, -0.2) is 0 Å². The molecule has 0 N–H and O–H groups in total. The summed E-state index contributed by atoms with van der Waals surface area (Å²) < 4.78 is 5.51. The number of hydrogen-bond donors (Lipinski definition) is 0. The quantitative estimate of drug-likeness (QED) is 0.675. The normalized spacial score (nSPS) is 28.9. The Balaban J connectivity index is 2.87. The molecule has 0 aliphatic heterocycles. The van der Waals surface area contributed by atoms with Crippen molar-refractivity contribution in [2.45, 2.75) is 32.7 Å². The van der Waals surface area contributed by atoms with Crippen LogP contribution in [0.1, 0.15) is 20.3 Å². The first-order valence-electron chi connectivity index (χ1n) is 4.30. The fourth-order valence-corrected chi connectivity index (χ4v) is 4.88. The average molecular weight is 228 g/mol. The van der Waals surface area contributed by atoms with Crippen molar-refractivity contribution in [3.05, 3.63) is 23.8 Å². The summed E-state index contributed by atoms with van der Waals surface area (Å²) in [5.41, 5.74) is 1.66. The van der Waals surface area contributed by atoms with Crippen LogP contribution in [0, 0.1) is 0 Å². The summed E-state index contributed by atoms with van der Waals surface area (Å²) in [5, 5.41) is 0. The second-order valence-electron chi connectivity index (χ2n) is 3.61. The summed E-state index contributed by atoms with van der Waals surface area (Å²) >= 11 is -1.10. The Bertz CT molecular complexity index is 201. The first-order valence-corrected chi connectivity index (χ1v) is 10.4. The van der Waals surface area contributed by atoms with Crippen LogP contribution >= 0.6 is 0 Å². The zero-order chi connectivity index (χ0) is 8.48. The molecule has 1 rings (SSSR count). The molecule has 0 radical (unpaired) electrons. The topological polar surface area (TPSA) is 0 Å². The third-order valence-electron chi connectivity index (χ3n) is 2.81. The van der Waals surface area contributed by atoms with Crippen LogP contribution in [0.2, 0.25) is 12.4 Å². The Morgan fingerprint density at radius 3 is 2.45 bits per heavy atom. The van der Waals surface area contributed by atoms with Gasteiger partial charge in [-0.3, -0.25) is 0 Å². The van der Waals surface area contributed by atoms with Gasteiger partial charge in [-0.15, -0.1) is 0 Å². The first-order chi connectivity index (χ1) is 5.11. The SMILES string of the molecule is CCC1=CC=C[C]1(C)[Zr]([CH3])[CH3]. The van der Waals surface area contributed by atoms with Gasteiger partial charge in [-0.05, 0) is 0 Å². The van der Waals surface area contributed by atoms with Crippen LogP contribution < -0.4 is 0 Å². The first kappa shape index (κ1) is 9.45. The summed E-state index contributed by atoms with van der Waals surface area (Å²) in [4.78, 5) is 0. The summed E-state index contributed by atoms with van der Waals surface area (Å²) in [7, 11) is 0. The van der Waals surface area contributed by atoms with Crippen molar-refractivity contribution < 1.29 is 21.8 Å². The number of rotatable bonds is 2. The fraction of sp³-hybridized carbons (Fsp3) is 0.600. The van der Waals surface area contributed by atoms with E-state index in [9.17, 15) is 0 Å². The van der Waals surface area contributed by atoms with Gasteiger partial charge in [-0.25, -0.2) is 0 Å². The van der Waals surface area contributed by atoms with Crippen molar-refractivity contribution in [3.63, 3.8) is 0 Å². The molecule has 0 fully saturated rings. The van der Waals surface area contributed by atoms with Gasteiger partial charge in [0.2, 0.25) is 0 Å². The molecule has 0 saturated heterocycles. The van der Waals surface area contributed by atoms with Crippen molar-refractivity contribution in [1.82, 2.24) is 0 Å². The fourth-order valence-electron chi connectivity index (χ4n) is 1.61. The van der Waals surface area contributed by atoms with E-state index in [0.717, 1.165) is 0 Å². The van der Waals surface area contributed by atoms with Crippen LogP contribution in [0.25, 0.3) is 0 Å². The van der Waals surface area contributed by atoms with Crippen molar-refractivity contribution in [2.24, 2.45) is 0 Å². The molecule has 0 heterocycles. The van der Waals surface area contributed by atoms with E-state index in [1.54, 1.807) is 5.57 Å². The van der Waals surface area contributed by atoms with E-state index < -0.39 is 21.8 Å². The van der Waals surface area contributed by atoms with Gasteiger partial charge in [0.15, 0.2) is 0 Å². The van der Waals surface area contributed by atoms with Gasteiger partial charge in [0.1, 0.15) is 0 Å². The Hall–Kier alpha value is 0.363. The van der Waals surface area contributed by atoms with Crippen molar-refractivity contribution in [1.29, 1.82) is 0 Å².